The highest BCUT2D eigenvalue weighted by Gasteiger charge is 2.40. The van der Waals surface area contributed by atoms with E-state index in [1.54, 1.807) is 15.8 Å². The zero-order valence-corrected chi connectivity index (χ0v) is 14.4. The molecule has 0 spiro atoms. The summed E-state index contributed by atoms with van der Waals surface area (Å²) in [5.41, 5.74) is 2.38. The largest absolute Gasteiger partial charge is 0.322 e. The van der Waals surface area contributed by atoms with E-state index in [1.807, 2.05) is 37.4 Å². The Hall–Kier alpha value is -2.61. The number of benzene rings is 1. The van der Waals surface area contributed by atoms with Crippen LogP contribution < -0.4 is 0 Å². The number of aryl methyl sites for hydroxylation is 1. The highest BCUT2D eigenvalue weighted by Crippen LogP contribution is 2.35. The zero-order valence-electron chi connectivity index (χ0n) is 14.4. The lowest BCUT2D eigenvalue weighted by Crippen LogP contribution is -2.51. The third-order valence-electron chi connectivity index (χ3n) is 4.85. The van der Waals surface area contributed by atoms with Crippen molar-refractivity contribution in [2.45, 2.75) is 39.7 Å². The predicted molar refractivity (Wildman–Crippen MR) is 91.8 cm³/mol. The molecule has 1 aliphatic rings. The van der Waals surface area contributed by atoms with Crippen molar-refractivity contribution in [3.8, 4) is 11.8 Å². The van der Waals surface area contributed by atoms with E-state index >= 15 is 0 Å². The molecular weight excluding hydrogens is 300 g/mol. The van der Waals surface area contributed by atoms with Gasteiger partial charge in [0.2, 0.25) is 0 Å². The molecule has 2 aromatic rings. The molecule has 2 heterocycles. The van der Waals surface area contributed by atoms with Gasteiger partial charge in [-0.1, -0.05) is 13.8 Å². The number of piperidine rings is 1. The summed E-state index contributed by atoms with van der Waals surface area (Å²) in [4.78, 5) is 14.7. The van der Waals surface area contributed by atoms with E-state index in [0.29, 0.717) is 12.1 Å². The SMILES string of the molecule is Cc1cc(C(=O)N2CCCC(C)(C)C2C#N)ccc1-n1cccn1. The second kappa shape index (κ2) is 6.12. The van der Waals surface area contributed by atoms with Crippen LogP contribution in [0.15, 0.2) is 36.7 Å². The first-order valence-corrected chi connectivity index (χ1v) is 8.25. The summed E-state index contributed by atoms with van der Waals surface area (Å²) in [5, 5.41) is 13.8. The van der Waals surface area contributed by atoms with Crippen LogP contribution in [0.2, 0.25) is 0 Å². The molecule has 1 saturated heterocycles. The van der Waals surface area contributed by atoms with Crippen LogP contribution >= 0.6 is 0 Å². The molecular formula is C19H22N4O. The first-order chi connectivity index (χ1) is 11.4. The summed E-state index contributed by atoms with van der Waals surface area (Å²) >= 11 is 0. The number of hydrogen-bond acceptors (Lipinski definition) is 3. The van der Waals surface area contributed by atoms with Crippen LogP contribution in [0.25, 0.3) is 5.69 Å². The maximum Gasteiger partial charge on any atom is 0.254 e. The van der Waals surface area contributed by atoms with Gasteiger partial charge in [0.15, 0.2) is 0 Å². The van der Waals surface area contributed by atoms with Crippen molar-refractivity contribution in [3.05, 3.63) is 47.8 Å². The van der Waals surface area contributed by atoms with Crippen LogP contribution in [-0.4, -0.2) is 33.2 Å². The van der Waals surface area contributed by atoms with E-state index in [4.69, 9.17) is 0 Å². The summed E-state index contributed by atoms with van der Waals surface area (Å²) in [6.45, 7) is 6.73. The average Bonchev–Trinajstić information content (AvgIpc) is 3.07. The van der Waals surface area contributed by atoms with Gasteiger partial charge in [0.25, 0.3) is 5.91 Å². The highest BCUT2D eigenvalue weighted by molar-refractivity contribution is 5.95. The first kappa shape index (κ1) is 16.3. The normalized spacial score (nSPS) is 19.8. The Morgan fingerprint density at radius 1 is 1.42 bits per heavy atom. The number of amides is 1. The standard InChI is InChI=1S/C19H22N4O/c1-14-12-15(6-7-16(14)23-11-5-9-21-23)18(24)22-10-4-8-19(2,3)17(22)13-20/h5-7,9,11-12,17H,4,8,10H2,1-3H3. The molecule has 5 nitrogen and oxygen atoms in total. The summed E-state index contributed by atoms with van der Waals surface area (Å²) in [6.07, 6.45) is 5.50. The van der Waals surface area contributed by atoms with Crippen molar-refractivity contribution in [1.29, 1.82) is 5.26 Å². The van der Waals surface area contributed by atoms with Crippen LogP contribution in [0, 0.1) is 23.7 Å². The van der Waals surface area contributed by atoms with Gasteiger partial charge in [-0.2, -0.15) is 10.4 Å². The van der Waals surface area contributed by atoms with Crippen LogP contribution in [0.4, 0.5) is 0 Å². The molecule has 1 aliphatic heterocycles. The fourth-order valence-electron chi connectivity index (χ4n) is 3.48. The zero-order chi connectivity index (χ0) is 17.3. The molecule has 24 heavy (non-hydrogen) atoms. The molecule has 1 unspecified atom stereocenters. The molecule has 124 valence electrons. The number of rotatable bonds is 2. The highest BCUT2D eigenvalue weighted by atomic mass is 16.2. The Bertz CT molecular complexity index is 786. The maximum absolute atomic E-state index is 13.0. The quantitative estimate of drug-likeness (QED) is 0.852. The second-order valence-electron chi connectivity index (χ2n) is 7.07. The predicted octanol–water partition coefficient (Wildman–Crippen LogP) is 3.34. The molecule has 1 aromatic heterocycles. The molecule has 1 amide bonds. The van der Waals surface area contributed by atoms with E-state index in [1.165, 1.54) is 0 Å². The molecule has 0 radical (unpaired) electrons. The molecule has 0 N–H and O–H groups in total. The van der Waals surface area contributed by atoms with E-state index in [2.05, 4.69) is 25.0 Å². The van der Waals surface area contributed by atoms with Gasteiger partial charge in [0, 0.05) is 24.5 Å². The first-order valence-electron chi connectivity index (χ1n) is 8.25. The minimum absolute atomic E-state index is 0.0653. The molecule has 1 atom stereocenters. The summed E-state index contributed by atoms with van der Waals surface area (Å²) in [6, 6.07) is 9.43. The Kier molecular flexibility index (Phi) is 4.15. The summed E-state index contributed by atoms with van der Waals surface area (Å²) in [5.74, 6) is -0.0653. The molecule has 5 heteroatoms. The Morgan fingerprint density at radius 2 is 2.21 bits per heavy atom. The van der Waals surface area contributed by atoms with Gasteiger partial charge in [-0.3, -0.25) is 4.79 Å². The lowest BCUT2D eigenvalue weighted by molar-refractivity contribution is 0.0438. The van der Waals surface area contributed by atoms with Gasteiger partial charge in [-0.15, -0.1) is 0 Å². The molecule has 1 aromatic carbocycles. The third kappa shape index (κ3) is 2.80. The van der Waals surface area contributed by atoms with Crippen molar-refractivity contribution in [2.75, 3.05) is 6.54 Å². The van der Waals surface area contributed by atoms with Gasteiger partial charge >= 0.3 is 0 Å². The Labute approximate surface area is 142 Å². The Balaban J connectivity index is 1.90. The average molecular weight is 322 g/mol. The monoisotopic (exact) mass is 322 g/mol. The van der Waals surface area contributed by atoms with Crippen molar-refractivity contribution < 1.29 is 4.79 Å². The van der Waals surface area contributed by atoms with Gasteiger partial charge in [-0.25, -0.2) is 4.68 Å². The van der Waals surface area contributed by atoms with Gasteiger partial charge in [-0.05, 0) is 55.0 Å². The van der Waals surface area contributed by atoms with E-state index < -0.39 is 0 Å². The van der Waals surface area contributed by atoms with Gasteiger partial charge in [0.05, 0.1) is 11.8 Å². The fourth-order valence-corrected chi connectivity index (χ4v) is 3.48. The van der Waals surface area contributed by atoms with Crippen molar-refractivity contribution in [3.63, 3.8) is 0 Å². The smallest absolute Gasteiger partial charge is 0.254 e. The van der Waals surface area contributed by atoms with Gasteiger partial charge in [0.1, 0.15) is 6.04 Å². The molecule has 0 bridgehead atoms. The van der Waals surface area contributed by atoms with E-state index in [-0.39, 0.29) is 17.4 Å². The second-order valence-corrected chi connectivity index (χ2v) is 7.07. The van der Waals surface area contributed by atoms with Crippen molar-refractivity contribution in [1.82, 2.24) is 14.7 Å². The lowest BCUT2D eigenvalue weighted by atomic mass is 9.77. The van der Waals surface area contributed by atoms with Crippen LogP contribution in [0.5, 0.6) is 0 Å². The molecule has 3 rings (SSSR count). The molecule has 0 saturated carbocycles. The number of hydrogen-bond donors (Lipinski definition) is 0. The van der Waals surface area contributed by atoms with E-state index in [0.717, 1.165) is 24.1 Å². The Morgan fingerprint density at radius 3 is 2.83 bits per heavy atom. The van der Waals surface area contributed by atoms with Crippen LogP contribution in [-0.2, 0) is 0 Å². The minimum Gasteiger partial charge on any atom is -0.322 e. The van der Waals surface area contributed by atoms with Crippen molar-refractivity contribution >= 4 is 5.91 Å². The number of likely N-dealkylation sites (tertiary alicyclic amines) is 1. The van der Waals surface area contributed by atoms with Crippen molar-refractivity contribution in [2.24, 2.45) is 5.41 Å². The maximum atomic E-state index is 13.0. The van der Waals surface area contributed by atoms with Crippen LogP contribution in [0.1, 0.15) is 42.6 Å². The topological polar surface area (TPSA) is 61.9 Å². The number of carbonyl (C=O) groups excluding carboxylic acids is 1. The number of nitriles is 1. The lowest BCUT2D eigenvalue weighted by Gasteiger charge is -2.42. The number of nitrogens with zero attached hydrogens (tertiary/aromatic N) is 4. The third-order valence-corrected chi connectivity index (χ3v) is 4.85. The van der Waals surface area contributed by atoms with E-state index in [9.17, 15) is 10.1 Å². The van der Waals surface area contributed by atoms with Crippen LogP contribution in [0.3, 0.4) is 0 Å². The molecule has 1 fully saturated rings. The summed E-state index contributed by atoms with van der Waals surface area (Å²) in [7, 11) is 0. The minimum atomic E-state index is -0.384. The molecule has 0 aliphatic carbocycles. The number of carbonyl (C=O) groups is 1. The fraction of sp³-hybridized carbons (Fsp3) is 0.421. The summed E-state index contributed by atoms with van der Waals surface area (Å²) < 4.78 is 1.78. The van der Waals surface area contributed by atoms with Gasteiger partial charge < -0.3 is 4.90 Å². The number of aromatic nitrogens is 2.